The lowest BCUT2D eigenvalue weighted by Crippen LogP contribution is -2.44. The largest absolute Gasteiger partial charge is 0.493 e. The predicted molar refractivity (Wildman–Crippen MR) is 119 cm³/mol. The molecule has 0 unspecified atom stereocenters. The van der Waals surface area contributed by atoms with E-state index in [-0.39, 0.29) is 11.3 Å². The lowest BCUT2D eigenvalue weighted by molar-refractivity contribution is 0.0487. The molecule has 0 bridgehead atoms. The molecule has 1 aliphatic rings. The molecular formula is C23H27Cl2NO4. The average molecular weight is 452 g/mol. The Kier molecular flexibility index (Phi) is 7.87. The van der Waals surface area contributed by atoms with Crippen LogP contribution < -0.4 is 14.8 Å². The Morgan fingerprint density at radius 3 is 2.63 bits per heavy atom. The van der Waals surface area contributed by atoms with Crippen LogP contribution >= 0.6 is 23.2 Å². The Hall–Kier alpha value is -1.95. The fraction of sp³-hybridized carbons (Fsp3) is 0.435. The van der Waals surface area contributed by atoms with Gasteiger partial charge in [0.2, 0.25) is 0 Å². The molecule has 2 aromatic carbocycles. The van der Waals surface area contributed by atoms with Crippen LogP contribution in [0.2, 0.25) is 10.0 Å². The highest BCUT2D eigenvalue weighted by atomic mass is 35.5. The molecule has 162 valence electrons. The van der Waals surface area contributed by atoms with E-state index in [4.69, 9.17) is 37.4 Å². The second-order valence-corrected chi connectivity index (χ2v) is 8.27. The molecule has 7 heteroatoms. The Balaban J connectivity index is 1.80. The molecular weight excluding hydrogens is 425 g/mol. The maximum Gasteiger partial charge on any atom is 0.251 e. The number of amides is 1. The highest BCUT2D eigenvalue weighted by Gasteiger charge is 2.35. The highest BCUT2D eigenvalue weighted by molar-refractivity contribution is 6.32. The van der Waals surface area contributed by atoms with E-state index in [0.29, 0.717) is 53.5 Å². The van der Waals surface area contributed by atoms with Gasteiger partial charge in [0.05, 0.1) is 18.7 Å². The quantitative estimate of drug-likeness (QED) is 0.593. The number of ether oxygens (including phenoxy) is 3. The van der Waals surface area contributed by atoms with Crippen molar-refractivity contribution in [2.24, 2.45) is 0 Å². The first-order valence-corrected chi connectivity index (χ1v) is 10.9. The van der Waals surface area contributed by atoms with Gasteiger partial charge < -0.3 is 19.5 Å². The zero-order chi connectivity index (χ0) is 21.6. The molecule has 3 rings (SSSR count). The maximum absolute atomic E-state index is 13.0. The van der Waals surface area contributed by atoms with Crippen molar-refractivity contribution >= 4 is 29.1 Å². The first-order valence-electron chi connectivity index (χ1n) is 10.1. The summed E-state index contributed by atoms with van der Waals surface area (Å²) >= 11 is 12.6. The summed E-state index contributed by atoms with van der Waals surface area (Å²) in [5, 5.41) is 4.11. The van der Waals surface area contributed by atoms with Gasteiger partial charge in [0.15, 0.2) is 11.5 Å². The molecule has 0 saturated carbocycles. The van der Waals surface area contributed by atoms with Crippen LogP contribution in [0.3, 0.4) is 0 Å². The van der Waals surface area contributed by atoms with Gasteiger partial charge in [0.1, 0.15) is 0 Å². The molecule has 2 aromatic rings. The molecule has 30 heavy (non-hydrogen) atoms. The normalized spacial score (nSPS) is 15.5. The van der Waals surface area contributed by atoms with Gasteiger partial charge >= 0.3 is 0 Å². The molecule has 0 spiro atoms. The summed E-state index contributed by atoms with van der Waals surface area (Å²) < 4.78 is 16.6. The van der Waals surface area contributed by atoms with Crippen LogP contribution in [0.1, 0.15) is 42.1 Å². The minimum Gasteiger partial charge on any atom is -0.493 e. The molecule has 1 heterocycles. The van der Waals surface area contributed by atoms with Gasteiger partial charge in [-0.1, -0.05) is 42.3 Å². The number of carbonyl (C=O) groups excluding carboxylic acids is 1. The average Bonchev–Trinajstić information content (AvgIpc) is 2.76. The van der Waals surface area contributed by atoms with Gasteiger partial charge in [-0.3, -0.25) is 4.79 Å². The summed E-state index contributed by atoms with van der Waals surface area (Å²) in [5.41, 5.74) is 1.31. The van der Waals surface area contributed by atoms with Crippen molar-refractivity contribution in [3.05, 3.63) is 57.6 Å². The van der Waals surface area contributed by atoms with E-state index < -0.39 is 0 Å². The Morgan fingerprint density at radius 2 is 1.97 bits per heavy atom. The van der Waals surface area contributed by atoms with Crippen LogP contribution in [-0.4, -0.2) is 39.4 Å². The summed E-state index contributed by atoms with van der Waals surface area (Å²) in [6.45, 7) is 4.29. The van der Waals surface area contributed by atoms with Gasteiger partial charge in [-0.15, -0.1) is 0 Å². The van der Waals surface area contributed by atoms with Crippen LogP contribution in [0.25, 0.3) is 0 Å². The molecule has 1 aliphatic heterocycles. The summed E-state index contributed by atoms with van der Waals surface area (Å²) in [6.07, 6.45) is 2.46. The van der Waals surface area contributed by atoms with E-state index in [1.165, 1.54) is 7.11 Å². The molecule has 1 N–H and O–H groups in total. The maximum atomic E-state index is 13.0. The van der Waals surface area contributed by atoms with Crippen molar-refractivity contribution in [1.82, 2.24) is 5.32 Å². The van der Waals surface area contributed by atoms with Crippen molar-refractivity contribution in [3.63, 3.8) is 0 Å². The number of methoxy groups -OCH3 is 1. The smallest absolute Gasteiger partial charge is 0.251 e. The zero-order valence-corrected chi connectivity index (χ0v) is 18.8. The number of benzene rings is 2. The molecule has 0 aliphatic carbocycles. The van der Waals surface area contributed by atoms with Gasteiger partial charge in [0.25, 0.3) is 5.91 Å². The third-order valence-corrected chi connectivity index (χ3v) is 5.93. The Labute approximate surface area is 187 Å². The first kappa shape index (κ1) is 22.7. The number of carbonyl (C=O) groups is 1. The van der Waals surface area contributed by atoms with Gasteiger partial charge in [-0.25, -0.2) is 0 Å². The highest BCUT2D eigenvalue weighted by Crippen LogP contribution is 2.38. The SMILES string of the molecule is CCCOc1c(Cl)cc(C(=O)NCC2(c3cccc(Cl)c3)CCOCC2)cc1OC. The molecule has 0 aromatic heterocycles. The molecule has 1 fully saturated rings. The summed E-state index contributed by atoms with van der Waals surface area (Å²) in [5.74, 6) is 0.680. The fourth-order valence-electron chi connectivity index (χ4n) is 3.69. The van der Waals surface area contributed by atoms with E-state index in [0.717, 1.165) is 24.8 Å². The summed E-state index contributed by atoms with van der Waals surface area (Å²) in [4.78, 5) is 13.0. The van der Waals surface area contributed by atoms with Crippen LogP contribution in [0.5, 0.6) is 11.5 Å². The van der Waals surface area contributed by atoms with Crippen molar-refractivity contribution in [1.29, 1.82) is 0 Å². The van der Waals surface area contributed by atoms with Crippen LogP contribution in [0, 0.1) is 0 Å². The van der Waals surface area contributed by atoms with Crippen LogP contribution in [0.15, 0.2) is 36.4 Å². The molecule has 1 saturated heterocycles. The first-order chi connectivity index (χ1) is 14.5. The number of hydrogen-bond acceptors (Lipinski definition) is 4. The standard InChI is InChI=1S/C23H27Cl2NO4/c1-3-9-30-21-19(25)12-16(13-20(21)28-2)22(27)26-15-23(7-10-29-11-8-23)17-5-4-6-18(24)14-17/h4-6,12-14H,3,7-11,15H2,1-2H3,(H,26,27). The van der Waals surface area contributed by atoms with Crippen LogP contribution in [0.4, 0.5) is 0 Å². The van der Waals surface area contributed by atoms with E-state index in [2.05, 4.69) is 11.4 Å². The minimum absolute atomic E-state index is 0.217. The predicted octanol–water partition coefficient (Wildman–Crippen LogP) is 5.27. The lowest BCUT2D eigenvalue weighted by atomic mass is 9.74. The van der Waals surface area contributed by atoms with Gasteiger partial charge in [0, 0.05) is 35.8 Å². The van der Waals surface area contributed by atoms with E-state index in [1.54, 1.807) is 12.1 Å². The second-order valence-electron chi connectivity index (χ2n) is 7.42. The van der Waals surface area contributed by atoms with E-state index in [9.17, 15) is 4.79 Å². The molecule has 5 nitrogen and oxygen atoms in total. The molecule has 0 atom stereocenters. The summed E-state index contributed by atoms with van der Waals surface area (Å²) in [6, 6.07) is 11.1. The number of hydrogen-bond donors (Lipinski definition) is 1. The van der Waals surface area contributed by atoms with E-state index in [1.807, 2.05) is 25.1 Å². The number of nitrogens with one attached hydrogen (secondary N) is 1. The third kappa shape index (κ3) is 5.20. The van der Waals surface area contributed by atoms with E-state index >= 15 is 0 Å². The number of halogens is 2. The molecule has 1 amide bonds. The van der Waals surface area contributed by atoms with Crippen molar-refractivity contribution < 1.29 is 19.0 Å². The Morgan fingerprint density at radius 1 is 1.20 bits per heavy atom. The summed E-state index contributed by atoms with van der Waals surface area (Å²) in [7, 11) is 1.53. The van der Waals surface area contributed by atoms with Crippen molar-refractivity contribution in [2.45, 2.75) is 31.6 Å². The Bertz CT molecular complexity index is 882. The van der Waals surface area contributed by atoms with Gasteiger partial charge in [-0.05, 0) is 49.1 Å². The van der Waals surface area contributed by atoms with Crippen LogP contribution in [-0.2, 0) is 10.2 Å². The van der Waals surface area contributed by atoms with Crippen molar-refractivity contribution in [2.75, 3.05) is 33.5 Å². The lowest BCUT2D eigenvalue weighted by Gasteiger charge is -2.38. The monoisotopic (exact) mass is 451 g/mol. The third-order valence-electron chi connectivity index (χ3n) is 5.42. The molecule has 0 radical (unpaired) electrons. The number of rotatable bonds is 8. The second kappa shape index (κ2) is 10.4. The van der Waals surface area contributed by atoms with Gasteiger partial charge in [-0.2, -0.15) is 0 Å². The topological polar surface area (TPSA) is 56.8 Å². The minimum atomic E-state index is -0.225. The fourth-order valence-corrected chi connectivity index (χ4v) is 4.15. The zero-order valence-electron chi connectivity index (χ0n) is 17.3. The van der Waals surface area contributed by atoms with Crippen molar-refractivity contribution in [3.8, 4) is 11.5 Å².